The van der Waals surface area contributed by atoms with Gasteiger partial charge in [-0.15, -0.1) is 5.10 Å². The molecule has 51 heavy (non-hydrogen) atoms. The van der Waals surface area contributed by atoms with E-state index >= 15 is 0 Å². The minimum atomic E-state index is -1.55. The van der Waals surface area contributed by atoms with E-state index in [4.69, 9.17) is 14.2 Å². The number of ether oxygens (including phenoxy) is 3. The molecule has 5 bridgehead atoms. The van der Waals surface area contributed by atoms with Crippen LogP contribution >= 0.6 is 15.9 Å². The van der Waals surface area contributed by atoms with Gasteiger partial charge in [0.1, 0.15) is 42.0 Å². The standard InChI is InChI=1S/C36H39BrN6O8/c1-21(18-44)43-32-34(47)41(20-42-26-14-9-8-13-24(26)39-40-42)16-10-4-7-15-27(45)38-25(19-49-2)30(22-11-5-3-6-12-22)50-35(48)28-29(33(43)46)36(32)17-23(37)31(28)51-36/h3-6,8-14,17,21,25,28-32,44H,7,15-16,18-20H2,1-2H3,(H,38,45)/b10-4-/t21-,25+,28-,29+,30+,31-,32-,36+/m1/s1. The van der Waals surface area contributed by atoms with E-state index in [-0.39, 0.29) is 32.1 Å². The summed E-state index contributed by atoms with van der Waals surface area (Å²) in [5.41, 5.74) is 0.425. The smallest absolute Gasteiger partial charge is 0.313 e. The molecule has 0 aliphatic carbocycles. The number of cyclic esters (lactones) is 1. The summed E-state index contributed by atoms with van der Waals surface area (Å²) in [6, 6.07) is 13.6. The number of allylic oxidation sites excluding steroid dienone is 1. The molecule has 0 saturated carbocycles. The molecule has 0 radical (unpaired) electrons. The van der Waals surface area contributed by atoms with E-state index in [1.54, 1.807) is 48.0 Å². The van der Waals surface area contributed by atoms with Crippen molar-refractivity contribution in [2.45, 2.75) is 62.4 Å². The lowest BCUT2D eigenvalue weighted by atomic mass is 9.74. The van der Waals surface area contributed by atoms with E-state index in [2.05, 4.69) is 31.6 Å². The Morgan fingerprint density at radius 3 is 2.59 bits per heavy atom. The highest BCUT2D eigenvalue weighted by atomic mass is 79.9. The van der Waals surface area contributed by atoms with E-state index in [0.29, 0.717) is 27.5 Å². The number of esters is 1. The molecule has 1 spiro atoms. The van der Waals surface area contributed by atoms with Gasteiger partial charge in [0.2, 0.25) is 11.8 Å². The number of nitrogens with one attached hydrogen (secondary N) is 1. The number of hydrogen-bond donors (Lipinski definition) is 2. The summed E-state index contributed by atoms with van der Waals surface area (Å²) < 4.78 is 20.5. The zero-order chi connectivity index (χ0) is 35.9. The quantitative estimate of drug-likeness (QED) is 0.270. The summed E-state index contributed by atoms with van der Waals surface area (Å²) in [5.74, 6) is -4.25. The molecule has 2 fully saturated rings. The number of aliphatic hydroxyl groups is 1. The molecular formula is C36H39BrN6O8. The number of carbonyl (C=O) groups is 4. The second-order valence-corrected chi connectivity index (χ2v) is 14.2. The number of nitrogens with zero attached hydrogens (tertiary/aromatic N) is 5. The van der Waals surface area contributed by atoms with Crippen LogP contribution in [0.15, 0.2) is 77.3 Å². The van der Waals surface area contributed by atoms with Gasteiger partial charge >= 0.3 is 5.97 Å². The molecule has 1 aromatic heterocycles. The van der Waals surface area contributed by atoms with Gasteiger partial charge in [-0.2, -0.15) is 0 Å². The maximum Gasteiger partial charge on any atom is 0.313 e. The molecule has 4 aliphatic heterocycles. The first kappa shape index (κ1) is 35.0. The van der Waals surface area contributed by atoms with Gasteiger partial charge in [-0.25, -0.2) is 4.68 Å². The Balaban J connectivity index is 1.33. The van der Waals surface area contributed by atoms with Crippen LogP contribution in [0.25, 0.3) is 11.0 Å². The summed E-state index contributed by atoms with van der Waals surface area (Å²) in [7, 11) is 1.50. The fraction of sp³-hybridized carbons (Fsp3) is 0.444. The number of aromatic nitrogens is 3. The van der Waals surface area contributed by atoms with Gasteiger partial charge in [-0.1, -0.05) is 75.8 Å². The highest BCUT2D eigenvalue weighted by Gasteiger charge is 2.75. The van der Waals surface area contributed by atoms with Crippen LogP contribution in [0.3, 0.4) is 0 Å². The summed E-state index contributed by atoms with van der Waals surface area (Å²) in [4.78, 5) is 60.2. The third kappa shape index (κ3) is 6.15. The Morgan fingerprint density at radius 2 is 1.82 bits per heavy atom. The number of amides is 3. The number of methoxy groups -OCH3 is 1. The van der Waals surface area contributed by atoms with Gasteiger partial charge in [0.05, 0.1) is 36.7 Å². The molecule has 3 amide bonds. The predicted octanol–water partition coefficient (Wildman–Crippen LogP) is 2.24. The van der Waals surface area contributed by atoms with E-state index in [1.807, 2.05) is 36.4 Å². The van der Waals surface area contributed by atoms with Crippen molar-refractivity contribution >= 4 is 50.7 Å². The number of likely N-dealkylation sites (tertiary alicyclic amines) is 1. The average molecular weight is 764 g/mol. The number of benzene rings is 2. The van der Waals surface area contributed by atoms with Crippen molar-refractivity contribution in [2.24, 2.45) is 11.8 Å². The summed E-state index contributed by atoms with van der Waals surface area (Å²) >= 11 is 3.58. The molecule has 2 N–H and O–H groups in total. The largest absolute Gasteiger partial charge is 0.455 e. The van der Waals surface area contributed by atoms with Crippen LogP contribution in [0.1, 0.15) is 31.4 Å². The number of aliphatic hydroxyl groups excluding tert-OH is 1. The fourth-order valence-corrected chi connectivity index (χ4v) is 8.50. The molecule has 5 heterocycles. The van der Waals surface area contributed by atoms with E-state index < -0.39 is 72.2 Å². The third-order valence-corrected chi connectivity index (χ3v) is 10.8. The van der Waals surface area contributed by atoms with Crippen LogP contribution < -0.4 is 5.32 Å². The second-order valence-electron chi connectivity index (χ2n) is 13.3. The van der Waals surface area contributed by atoms with Crippen LogP contribution in [0.5, 0.6) is 0 Å². The van der Waals surface area contributed by atoms with Crippen molar-refractivity contribution in [3.05, 3.63) is 82.9 Å². The lowest BCUT2D eigenvalue weighted by molar-refractivity contribution is -0.163. The number of fused-ring (bicyclic) bond motifs is 3. The molecule has 268 valence electrons. The molecule has 2 saturated heterocycles. The van der Waals surface area contributed by atoms with E-state index in [9.17, 15) is 24.3 Å². The van der Waals surface area contributed by atoms with Gasteiger partial charge in [-0.3, -0.25) is 19.2 Å². The number of halogens is 1. The van der Waals surface area contributed by atoms with Gasteiger partial charge in [0.15, 0.2) is 0 Å². The maximum atomic E-state index is 15.0. The molecule has 8 atom stereocenters. The summed E-state index contributed by atoms with van der Waals surface area (Å²) in [6.45, 7) is 1.35. The Labute approximate surface area is 302 Å². The highest BCUT2D eigenvalue weighted by molar-refractivity contribution is 9.11. The lowest BCUT2D eigenvalue weighted by Gasteiger charge is -2.37. The zero-order valence-electron chi connectivity index (χ0n) is 28.1. The molecule has 14 nitrogen and oxygen atoms in total. The number of rotatable bonds is 7. The maximum absolute atomic E-state index is 15.0. The van der Waals surface area contributed by atoms with Crippen molar-refractivity contribution in [1.29, 1.82) is 0 Å². The first-order valence-electron chi connectivity index (χ1n) is 16.9. The molecule has 3 aromatic rings. The first-order chi connectivity index (χ1) is 24.7. The fourth-order valence-electron chi connectivity index (χ4n) is 7.77. The monoisotopic (exact) mass is 762 g/mol. The van der Waals surface area contributed by atoms with Crippen LogP contribution in [-0.4, -0.2) is 110 Å². The van der Waals surface area contributed by atoms with Gasteiger partial charge in [0, 0.05) is 24.6 Å². The zero-order valence-corrected chi connectivity index (χ0v) is 29.7. The van der Waals surface area contributed by atoms with Crippen LogP contribution in [0.4, 0.5) is 0 Å². The average Bonchev–Trinajstić information content (AvgIpc) is 3.86. The number of carbonyl (C=O) groups excluding carboxylic acids is 4. The predicted molar refractivity (Wildman–Crippen MR) is 185 cm³/mol. The second kappa shape index (κ2) is 14.3. The van der Waals surface area contributed by atoms with Crippen LogP contribution in [-0.2, 0) is 40.1 Å². The van der Waals surface area contributed by atoms with Gasteiger partial charge in [0.25, 0.3) is 5.91 Å². The lowest BCUT2D eigenvalue weighted by Crippen LogP contribution is -2.58. The van der Waals surface area contributed by atoms with Crippen molar-refractivity contribution in [1.82, 2.24) is 30.1 Å². The minimum Gasteiger partial charge on any atom is -0.455 e. The topological polar surface area (TPSA) is 165 Å². The van der Waals surface area contributed by atoms with Gasteiger partial charge < -0.3 is 34.4 Å². The Hall–Kier alpha value is -4.44. The normalized spacial score (nSPS) is 31.0. The Morgan fingerprint density at radius 1 is 1.06 bits per heavy atom. The van der Waals surface area contributed by atoms with E-state index in [1.165, 1.54) is 16.9 Å². The van der Waals surface area contributed by atoms with Crippen molar-refractivity contribution in [3.8, 4) is 0 Å². The Kier molecular flexibility index (Phi) is 9.80. The van der Waals surface area contributed by atoms with Crippen LogP contribution in [0.2, 0.25) is 0 Å². The number of hydrogen-bond acceptors (Lipinski definition) is 10. The van der Waals surface area contributed by atoms with E-state index in [0.717, 1.165) is 0 Å². The molecule has 7 rings (SSSR count). The Bertz CT molecular complexity index is 1880. The number of para-hydroxylation sites is 1. The van der Waals surface area contributed by atoms with Gasteiger partial charge in [-0.05, 0) is 37.1 Å². The summed E-state index contributed by atoms with van der Waals surface area (Å²) in [6.07, 6.45) is 3.94. The van der Waals surface area contributed by atoms with Crippen molar-refractivity contribution in [2.75, 3.05) is 26.9 Å². The molecule has 2 aromatic carbocycles. The first-order valence-corrected chi connectivity index (χ1v) is 17.7. The van der Waals surface area contributed by atoms with Crippen molar-refractivity contribution < 1.29 is 38.5 Å². The minimum absolute atomic E-state index is 0.0197. The molecular weight excluding hydrogens is 724 g/mol. The SMILES string of the molecule is COC[C@@H]1NC(=O)CC/C=C\CN(Cn2nnc3ccccc32)C(=O)[C@H]2N([C@H](C)CO)C(=O)[C@@H]3[C@@H](C(=O)O[C@H]1c1ccccc1)[C@@H]1O[C@@]32C=C1Br. The molecule has 4 aliphatic rings. The third-order valence-electron chi connectivity index (χ3n) is 10.1. The highest BCUT2D eigenvalue weighted by Crippen LogP contribution is 2.59. The van der Waals surface area contributed by atoms with Crippen LogP contribution in [0, 0.1) is 11.8 Å². The molecule has 0 unspecified atom stereocenters. The summed E-state index contributed by atoms with van der Waals surface area (Å²) in [5, 5.41) is 21.9. The molecule has 15 heteroatoms. The van der Waals surface area contributed by atoms with Crippen molar-refractivity contribution in [3.63, 3.8) is 0 Å².